The summed E-state index contributed by atoms with van der Waals surface area (Å²) in [6, 6.07) is 3.30. The van der Waals surface area contributed by atoms with E-state index in [-0.39, 0.29) is 5.48 Å². The third-order valence-electron chi connectivity index (χ3n) is 1.59. The average molecular weight is 295 g/mol. The summed E-state index contributed by atoms with van der Waals surface area (Å²) in [5.74, 6) is 9.13. The predicted molar refractivity (Wildman–Crippen MR) is 64.6 cm³/mol. The van der Waals surface area contributed by atoms with Gasteiger partial charge in [-0.05, 0) is 28.1 Å². The van der Waals surface area contributed by atoms with Crippen LogP contribution in [0.1, 0.15) is 10.4 Å². The van der Waals surface area contributed by atoms with Gasteiger partial charge in [0.1, 0.15) is 6.29 Å². The Bertz CT molecular complexity index is 334. The topological polar surface area (TPSA) is 119 Å². The molecule has 1 rings (SSSR count). The maximum Gasteiger partial charge on any atom is 0.174 e. The van der Waals surface area contributed by atoms with Crippen molar-refractivity contribution in [3.8, 4) is 11.5 Å². The summed E-state index contributed by atoms with van der Waals surface area (Å²) in [7, 11) is 3.07. The van der Waals surface area contributed by atoms with E-state index in [9.17, 15) is 4.79 Å². The molecular formula is C9H15BrN2O4. The van der Waals surface area contributed by atoms with Gasteiger partial charge in [-0.25, -0.2) is 0 Å². The van der Waals surface area contributed by atoms with Crippen molar-refractivity contribution >= 4 is 22.2 Å². The standard InChI is InChI=1S/C9H9BrO3.H4N2.H2O/c1-12-8-4-6(5-11)3-7(10)9(8)13-2;1-2;/h3-5H,1-2H3;1-2H2;1H2. The number of rotatable bonds is 3. The molecule has 0 amide bonds. The molecule has 92 valence electrons. The van der Waals surface area contributed by atoms with Gasteiger partial charge in [0.25, 0.3) is 0 Å². The molecule has 0 aliphatic rings. The lowest BCUT2D eigenvalue weighted by molar-refractivity contribution is 0.112. The van der Waals surface area contributed by atoms with Crippen LogP contribution in [0, 0.1) is 0 Å². The van der Waals surface area contributed by atoms with Gasteiger partial charge in [0.15, 0.2) is 11.5 Å². The van der Waals surface area contributed by atoms with E-state index in [0.29, 0.717) is 21.5 Å². The normalized spacial score (nSPS) is 8.06. The Balaban J connectivity index is 0. The van der Waals surface area contributed by atoms with E-state index in [2.05, 4.69) is 27.6 Å². The first-order valence-corrected chi connectivity index (χ1v) is 4.72. The largest absolute Gasteiger partial charge is 0.493 e. The van der Waals surface area contributed by atoms with Gasteiger partial charge in [-0.15, -0.1) is 0 Å². The number of hydrogen-bond acceptors (Lipinski definition) is 5. The van der Waals surface area contributed by atoms with Crippen LogP contribution in [0.2, 0.25) is 0 Å². The summed E-state index contributed by atoms with van der Waals surface area (Å²) in [5, 5.41) is 0. The number of benzene rings is 1. The van der Waals surface area contributed by atoms with Gasteiger partial charge in [0, 0.05) is 5.56 Å². The lowest BCUT2D eigenvalue weighted by atomic mass is 10.2. The van der Waals surface area contributed by atoms with Crippen LogP contribution in [0.25, 0.3) is 0 Å². The third-order valence-corrected chi connectivity index (χ3v) is 2.18. The summed E-state index contributed by atoms with van der Waals surface area (Å²) in [4.78, 5) is 10.5. The Labute approximate surface area is 102 Å². The highest BCUT2D eigenvalue weighted by molar-refractivity contribution is 9.10. The molecule has 0 spiro atoms. The quantitative estimate of drug-likeness (QED) is 0.471. The molecule has 0 aliphatic carbocycles. The SMILES string of the molecule is COc1cc(C=O)cc(Br)c1OC.NN.O. The van der Waals surface area contributed by atoms with Crippen molar-refractivity contribution in [2.24, 2.45) is 11.7 Å². The van der Waals surface area contributed by atoms with Crippen LogP contribution in [-0.4, -0.2) is 26.0 Å². The number of halogens is 1. The third kappa shape index (κ3) is 4.15. The molecule has 0 aliphatic heterocycles. The lowest BCUT2D eigenvalue weighted by Gasteiger charge is -2.09. The first-order chi connectivity index (χ1) is 7.22. The van der Waals surface area contributed by atoms with E-state index in [1.54, 1.807) is 19.2 Å². The highest BCUT2D eigenvalue weighted by Crippen LogP contribution is 2.35. The highest BCUT2D eigenvalue weighted by Gasteiger charge is 2.09. The van der Waals surface area contributed by atoms with Crippen LogP contribution in [0.15, 0.2) is 16.6 Å². The molecule has 0 saturated carbocycles. The molecule has 0 heterocycles. The fraction of sp³-hybridized carbons (Fsp3) is 0.222. The first-order valence-electron chi connectivity index (χ1n) is 3.93. The zero-order chi connectivity index (χ0) is 11.8. The molecule has 0 unspecified atom stereocenters. The number of carbonyl (C=O) groups excluding carboxylic acids is 1. The molecule has 0 radical (unpaired) electrons. The van der Waals surface area contributed by atoms with Gasteiger partial charge < -0.3 is 14.9 Å². The highest BCUT2D eigenvalue weighted by atomic mass is 79.9. The van der Waals surface area contributed by atoms with Gasteiger partial charge >= 0.3 is 0 Å². The van der Waals surface area contributed by atoms with Gasteiger partial charge in [-0.2, -0.15) is 0 Å². The summed E-state index contributed by atoms with van der Waals surface area (Å²) >= 11 is 3.28. The predicted octanol–water partition coefficient (Wildman–Crippen LogP) is 0.273. The second kappa shape index (κ2) is 9.10. The number of ether oxygens (including phenoxy) is 2. The Morgan fingerprint density at radius 2 is 1.81 bits per heavy atom. The molecule has 7 heteroatoms. The van der Waals surface area contributed by atoms with E-state index in [4.69, 9.17) is 9.47 Å². The van der Waals surface area contributed by atoms with E-state index in [0.717, 1.165) is 6.29 Å². The number of methoxy groups -OCH3 is 2. The van der Waals surface area contributed by atoms with Crippen molar-refractivity contribution in [1.29, 1.82) is 0 Å². The molecule has 0 atom stereocenters. The average Bonchev–Trinajstić information content (AvgIpc) is 2.30. The van der Waals surface area contributed by atoms with E-state index in [1.165, 1.54) is 7.11 Å². The summed E-state index contributed by atoms with van der Waals surface area (Å²) in [6.45, 7) is 0. The molecular weight excluding hydrogens is 280 g/mol. The van der Waals surface area contributed by atoms with E-state index in [1.807, 2.05) is 0 Å². The summed E-state index contributed by atoms with van der Waals surface area (Å²) in [6.07, 6.45) is 0.757. The van der Waals surface area contributed by atoms with Crippen molar-refractivity contribution < 1.29 is 19.7 Å². The molecule has 0 fully saturated rings. The zero-order valence-electron chi connectivity index (χ0n) is 8.99. The summed E-state index contributed by atoms with van der Waals surface area (Å²) in [5.41, 5.74) is 0.546. The Kier molecular flexibility index (Phi) is 9.82. The van der Waals surface area contributed by atoms with Gasteiger partial charge in [-0.1, -0.05) is 0 Å². The van der Waals surface area contributed by atoms with Crippen LogP contribution in [-0.2, 0) is 0 Å². The van der Waals surface area contributed by atoms with Crippen molar-refractivity contribution in [1.82, 2.24) is 0 Å². The maximum atomic E-state index is 10.5. The molecule has 16 heavy (non-hydrogen) atoms. The molecule has 6 nitrogen and oxygen atoms in total. The van der Waals surface area contributed by atoms with Crippen molar-refractivity contribution in [3.63, 3.8) is 0 Å². The van der Waals surface area contributed by atoms with E-state index >= 15 is 0 Å². The fourth-order valence-electron chi connectivity index (χ4n) is 1.01. The second-order valence-corrected chi connectivity index (χ2v) is 3.21. The fourth-order valence-corrected chi connectivity index (χ4v) is 1.63. The van der Waals surface area contributed by atoms with Gasteiger partial charge in [0.05, 0.1) is 18.7 Å². The smallest absolute Gasteiger partial charge is 0.174 e. The van der Waals surface area contributed by atoms with Crippen molar-refractivity contribution in [3.05, 3.63) is 22.2 Å². The number of aldehydes is 1. The molecule has 6 N–H and O–H groups in total. The van der Waals surface area contributed by atoms with E-state index < -0.39 is 0 Å². The van der Waals surface area contributed by atoms with Crippen LogP contribution in [0.3, 0.4) is 0 Å². The van der Waals surface area contributed by atoms with Gasteiger partial charge in [-0.3, -0.25) is 16.5 Å². The zero-order valence-corrected chi connectivity index (χ0v) is 10.6. The molecule has 0 saturated heterocycles. The molecule has 1 aromatic carbocycles. The Hall–Kier alpha value is -1.15. The molecule has 1 aromatic rings. The van der Waals surface area contributed by atoms with Gasteiger partial charge in [0.2, 0.25) is 0 Å². The molecule has 0 bridgehead atoms. The number of hydrazine groups is 1. The second-order valence-electron chi connectivity index (χ2n) is 2.36. The number of hydrogen-bond donors (Lipinski definition) is 2. The number of nitrogens with two attached hydrogens (primary N) is 2. The van der Waals surface area contributed by atoms with Crippen molar-refractivity contribution in [2.45, 2.75) is 0 Å². The lowest BCUT2D eigenvalue weighted by Crippen LogP contribution is -2.02. The van der Waals surface area contributed by atoms with Crippen LogP contribution >= 0.6 is 15.9 Å². The van der Waals surface area contributed by atoms with Crippen LogP contribution < -0.4 is 21.2 Å². The minimum absolute atomic E-state index is 0. The minimum atomic E-state index is 0. The molecule has 0 aromatic heterocycles. The summed E-state index contributed by atoms with van der Waals surface area (Å²) < 4.78 is 10.8. The Morgan fingerprint density at radius 1 is 1.25 bits per heavy atom. The minimum Gasteiger partial charge on any atom is -0.493 e. The monoisotopic (exact) mass is 294 g/mol. The first kappa shape index (κ1) is 17.3. The Morgan fingerprint density at radius 3 is 2.19 bits per heavy atom. The van der Waals surface area contributed by atoms with Crippen LogP contribution in [0.4, 0.5) is 0 Å². The van der Waals surface area contributed by atoms with Crippen molar-refractivity contribution in [2.75, 3.05) is 14.2 Å². The number of carbonyl (C=O) groups is 1. The van der Waals surface area contributed by atoms with Crippen LogP contribution in [0.5, 0.6) is 11.5 Å². The maximum absolute atomic E-state index is 10.5.